The van der Waals surface area contributed by atoms with Crippen molar-refractivity contribution in [1.82, 2.24) is 9.88 Å². The molecule has 0 spiro atoms. The number of ether oxygens (including phenoxy) is 1. The summed E-state index contributed by atoms with van der Waals surface area (Å²) in [5.41, 5.74) is 1.10. The van der Waals surface area contributed by atoms with Crippen molar-refractivity contribution in [2.24, 2.45) is 0 Å². The van der Waals surface area contributed by atoms with Crippen LogP contribution in [0.25, 0.3) is 10.8 Å². The molecule has 3 aromatic rings. The number of pyridine rings is 1. The van der Waals surface area contributed by atoms with Gasteiger partial charge in [0.25, 0.3) is 0 Å². The predicted octanol–water partition coefficient (Wildman–Crippen LogP) is 4.25. The number of nitrogens with zero attached hydrogens (tertiary/aromatic N) is 3. The highest BCUT2D eigenvalue weighted by Crippen LogP contribution is 2.28. The van der Waals surface area contributed by atoms with Gasteiger partial charge in [-0.3, -0.25) is 4.79 Å². The Morgan fingerprint density at radius 1 is 1.03 bits per heavy atom. The molecule has 29 heavy (non-hydrogen) atoms. The van der Waals surface area contributed by atoms with Gasteiger partial charge in [-0.2, -0.15) is 0 Å². The molecule has 0 saturated carbocycles. The number of carbonyl (C=O) groups excluding carboxylic acids is 1. The maximum Gasteiger partial charge on any atom is 0.211 e. The number of carbonyl (C=O) groups is 1. The van der Waals surface area contributed by atoms with Crippen molar-refractivity contribution in [1.29, 1.82) is 0 Å². The Bertz CT molecular complexity index is 977. The van der Waals surface area contributed by atoms with Gasteiger partial charge in [0.15, 0.2) is 0 Å². The second kappa shape index (κ2) is 9.05. The van der Waals surface area contributed by atoms with Crippen LogP contribution in [0.4, 0.5) is 5.82 Å². The van der Waals surface area contributed by atoms with Crippen molar-refractivity contribution in [2.75, 3.05) is 44.7 Å². The lowest BCUT2D eigenvalue weighted by atomic mass is 10.0. The van der Waals surface area contributed by atoms with E-state index in [1.165, 1.54) is 0 Å². The SMILES string of the molecule is C.CCN1CCN(c2nc(C(=O)c3ccc(OC)cc3)cc3ccccc23)CC1. The van der Waals surface area contributed by atoms with E-state index >= 15 is 0 Å². The van der Waals surface area contributed by atoms with Gasteiger partial charge in [-0.1, -0.05) is 38.6 Å². The van der Waals surface area contributed by atoms with Crippen LogP contribution < -0.4 is 9.64 Å². The number of hydrogen-bond donors (Lipinski definition) is 0. The molecule has 4 rings (SSSR count). The van der Waals surface area contributed by atoms with Crippen molar-refractivity contribution >= 4 is 22.4 Å². The molecule has 2 heterocycles. The third-order valence-corrected chi connectivity index (χ3v) is 5.42. The maximum atomic E-state index is 13.1. The molecule has 152 valence electrons. The van der Waals surface area contributed by atoms with Gasteiger partial charge < -0.3 is 14.5 Å². The van der Waals surface area contributed by atoms with Crippen molar-refractivity contribution < 1.29 is 9.53 Å². The lowest BCUT2D eigenvalue weighted by Gasteiger charge is -2.35. The fourth-order valence-corrected chi connectivity index (χ4v) is 3.70. The first-order valence-electron chi connectivity index (χ1n) is 9.75. The zero-order valence-electron chi connectivity index (χ0n) is 16.4. The Hall–Kier alpha value is -2.92. The summed E-state index contributed by atoms with van der Waals surface area (Å²) in [6.07, 6.45) is 0. The summed E-state index contributed by atoms with van der Waals surface area (Å²) in [5.74, 6) is 1.57. The Labute approximate surface area is 172 Å². The first-order valence-corrected chi connectivity index (χ1v) is 9.75. The molecule has 0 unspecified atom stereocenters. The quantitative estimate of drug-likeness (QED) is 0.609. The van der Waals surface area contributed by atoms with E-state index in [4.69, 9.17) is 9.72 Å². The summed E-state index contributed by atoms with van der Waals surface area (Å²) in [5, 5.41) is 2.14. The fourth-order valence-electron chi connectivity index (χ4n) is 3.70. The minimum atomic E-state index is -0.0677. The van der Waals surface area contributed by atoms with Gasteiger partial charge in [-0.15, -0.1) is 0 Å². The summed E-state index contributed by atoms with van der Waals surface area (Å²) >= 11 is 0. The van der Waals surface area contributed by atoms with Crippen LogP contribution in [-0.2, 0) is 0 Å². The van der Waals surface area contributed by atoms with Crippen molar-refractivity contribution in [2.45, 2.75) is 14.4 Å². The minimum absolute atomic E-state index is 0. The molecule has 0 aliphatic carbocycles. The molecule has 0 bridgehead atoms. The molecular formula is C24H29N3O2. The van der Waals surface area contributed by atoms with Gasteiger partial charge in [-0.25, -0.2) is 4.98 Å². The van der Waals surface area contributed by atoms with Crippen LogP contribution in [0.5, 0.6) is 5.75 Å². The van der Waals surface area contributed by atoms with E-state index in [-0.39, 0.29) is 13.2 Å². The number of piperazine rings is 1. The fraction of sp³-hybridized carbons (Fsp3) is 0.333. The van der Waals surface area contributed by atoms with Crippen LogP contribution in [0.1, 0.15) is 30.4 Å². The molecule has 0 N–H and O–H groups in total. The van der Waals surface area contributed by atoms with Crippen LogP contribution in [-0.4, -0.2) is 55.5 Å². The first kappa shape index (κ1) is 20.8. The highest BCUT2D eigenvalue weighted by molar-refractivity contribution is 6.10. The Kier molecular flexibility index (Phi) is 6.49. The molecule has 5 nitrogen and oxygen atoms in total. The van der Waals surface area contributed by atoms with E-state index in [1.807, 2.05) is 24.3 Å². The van der Waals surface area contributed by atoms with Gasteiger partial charge in [0.05, 0.1) is 7.11 Å². The van der Waals surface area contributed by atoms with Crippen LogP contribution in [0.15, 0.2) is 54.6 Å². The largest absolute Gasteiger partial charge is 0.497 e. The highest BCUT2D eigenvalue weighted by atomic mass is 16.5. The van der Waals surface area contributed by atoms with E-state index in [9.17, 15) is 4.79 Å². The van der Waals surface area contributed by atoms with Gasteiger partial charge in [0.2, 0.25) is 5.78 Å². The third kappa shape index (κ3) is 4.25. The average molecular weight is 392 g/mol. The molecule has 0 amide bonds. The van der Waals surface area contributed by atoms with E-state index in [0.717, 1.165) is 55.1 Å². The summed E-state index contributed by atoms with van der Waals surface area (Å²) in [7, 11) is 1.62. The summed E-state index contributed by atoms with van der Waals surface area (Å²) in [4.78, 5) is 22.7. The molecule has 1 aromatic heterocycles. The van der Waals surface area contributed by atoms with E-state index in [2.05, 4.69) is 22.8 Å². The molecule has 1 aliphatic heterocycles. The Balaban J connectivity index is 0.00000240. The number of ketones is 1. The van der Waals surface area contributed by atoms with E-state index in [1.54, 1.807) is 31.4 Å². The minimum Gasteiger partial charge on any atom is -0.497 e. The second-order valence-electron chi connectivity index (χ2n) is 7.03. The van der Waals surface area contributed by atoms with Crippen LogP contribution in [0.2, 0.25) is 0 Å². The van der Waals surface area contributed by atoms with Gasteiger partial charge in [0.1, 0.15) is 17.3 Å². The van der Waals surface area contributed by atoms with Crippen LogP contribution in [0.3, 0.4) is 0 Å². The summed E-state index contributed by atoms with van der Waals surface area (Å²) in [6.45, 7) is 7.14. The third-order valence-electron chi connectivity index (χ3n) is 5.42. The van der Waals surface area contributed by atoms with Crippen molar-refractivity contribution in [3.63, 3.8) is 0 Å². The standard InChI is InChI=1S/C23H25N3O2.CH4/c1-3-25-12-14-26(15-13-25)23-20-7-5-4-6-18(20)16-21(24-23)22(27)17-8-10-19(28-2)11-9-17;/h4-11,16H,3,12-15H2,1-2H3;1H4. The highest BCUT2D eigenvalue weighted by Gasteiger charge is 2.21. The second-order valence-corrected chi connectivity index (χ2v) is 7.03. The van der Waals surface area contributed by atoms with Crippen LogP contribution >= 0.6 is 0 Å². The van der Waals surface area contributed by atoms with E-state index in [0.29, 0.717) is 11.3 Å². The molecule has 5 heteroatoms. The molecular weight excluding hydrogens is 362 g/mol. The smallest absolute Gasteiger partial charge is 0.211 e. The zero-order valence-corrected chi connectivity index (χ0v) is 16.4. The number of anilines is 1. The number of aromatic nitrogens is 1. The number of hydrogen-bond acceptors (Lipinski definition) is 5. The number of fused-ring (bicyclic) bond motifs is 1. The molecule has 1 aliphatic rings. The first-order chi connectivity index (χ1) is 13.7. The van der Waals surface area contributed by atoms with E-state index < -0.39 is 0 Å². The normalized spacial score (nSPS) is 14.5. The Morgan fingerprint density at radius 3 is 2.38 bits per heavy atom. The molecule has 0 radical (unpaired) electrons. The zero-order chi connectivity index (χ0) is 19.5. The number of benzene rings is 2. The van der Waals surface area contributed by atoms with Crippen molar-refractivity contribution in [3.05, 3.63) is 65.9 Å². The molecule has 0 atom stereocenters. The monoisotopic (exact) mass is 391 g/mol. The lowest BCUT2D eigenvalue weighted by Crippen LogP contribution is -2.46. The summed E-state index contributed by atoms with van der Waals surface area (Å²) in [6, 6.07) is 17.3. The van der Waals surface area contributed by atoms with Crippen molar-refractivity contribution in [3.8, 4) is 5.75 Å². The Morgan fingerprint density at radius 2 is 1.72 bits per heavy atom. The topological polar surface area (TPSA) is 45.7 Å². The maximum absolute atomic E-state index is 13.1. The van der Waals surface area contributed by atoms with Gasteiger partial charge in [-0.05, 0) is 42.3 Å². The predicted molar refractivity (Wildman–Crippen MR) is 119 cm³/mol. The van der Waals surface area contributed by atoms with Gasteiger partial charge in [0, 0.05) is 37.1 Å². The number of methoxy groups -OCH3 is 1. The molecule has 1 fully saturated rings. The average Bonchev–Trinajstić information content (AvgIpc) is 2.78. The molecule has 1 saturated heterocycles. The lowest BCUT2D eigenvalue weighted by molar-refractivity contribution is 0.103. The number of likely N-dealkylation sites (N-methyl/N-ethyl adjacent to an activating group) is 1. The number of rotatable bonds is 5. The van der Waals surface area contributed by atoms with Crippen LogP contribution in [0, 0.1) is 0 Å². The summed E-state index contributed by atoms with van der Waals surface area (Å²) < 4.78 is 5.19. The molecule has 2 aromatic carbocycles. The van der Waals surface area contributed by atoms with Gasteiger partial charge >= 0.3 is 0 Å².